The zero-order valence-electron chi connectivity index (χ0n) is 15.4. The van der Waals surface area contributed by atoms with Crippen LogP contribution < -0.4 is 5.32 Å². The van der Waals surface area contributed by atoms with Gasteiger partial charge in [0.2, 0.25) is 0 Å². The lowest BCUT2D eigenvalue weighted by Gasteiger charge is -2.11. The van der Waals surface area contributed by atoms with Crippen molar-refractivity contribution in [3.8, 4) is 5.69 Å². The number of nitrogens with zero attached hydrogens (tertiary/aromatic N) is 5. The third kappa shape index (κ3) is 4.01. The molecule has 0 bridgehead atoms. The van der Waals surface area contributed by atoms with E-state index in [9.17, 15) is 4.79 Å². The van der Waals surface area contributed by atoms with Crippen molar-refractivity contribution in [1.82, 2.24) is 24.8 Å². The molecular formula is C20H16Cl2N6O. The van der Waals surface area contributed by atoms with E-state index in [1.54, 1.807) is 42.1 Å². The minimum Gasteiger partial charge on any atom is -0.305 e. The first-order valence-corrected chi connectivity index (χ1v) is 9.54. The number of amides is 1. The maximum atomic E-state index is 12.8. The van der Waals surface area contributed by atoms with Gasteiger partial charge in [-0.25, -0.2) is 4.68 Å². The molecule has 9 heteroatoms. The van der Waals surface area contributed by atoms with Crippen molar-refractivity contribution in [2.75, 3.05) is 5.32 Å². The maximum Gasteiger partial charge on any atom is 0.279 e. The van der Waals surface area contributed by atoms with Gasteiger partial charge in [0.05, 0.1) is 24.1 Å². The fourth-order valence-electron chi connectivity index (χ4n) is 2.84. The van der Waals surface area contributed by atoms with E-state index in [0.29, 0.717) is 28.1 Å². The van der Waals surface area contributed by atoms with Crippen LogP contribution in [-0.2, 0) is 6.54 Å². The van der Waals surface area contributed by atoms with E-state index >= 15 is 0 Å². The molecule has 0 saturated heterocycles. The quantitative estimate of drug-likeness (QED) is 0.513. The van der Waals surface area contributed by atoms with Crippen LogP contribution in [0.5, 0.6) is 0 Å². The first-order chi connectivity index (χ1) is 14.0. The molecule has 0 aliphatic rings. The SMILES string of the molecule is Cc1nn(-c2ccccc2)nc1C(=O)Nc1ccnn1Cc1c(Cl)cccc1Cl. The number of nitrogens with one attached hydrogen (secondary N) is 1. The monoisotopic (exact) mass is 426 g/mol. The summed E-state index contributed by atoms with van der Waals surface area (Å²) in [7, 11) is 0. The van der Waals surface area contributed by atoms with Gasteiger partial charge in [-0.1, -0.05) is 47.5 Å². The van der Waals surface area contributed by atoms with E-state index in [0.717, 1.165) is 11.3 Å². The highest BCUT2D eigenvalue weighted by molar-refractivity contribution is 6.36. The highest BCUT2D eigenvalue weighted by atomic mass is 35.5. The van der Waals surface area contributed by atoms with E-state index in [-0.39, 0.29) is 11.6 Å². The second-order valence-electron chi connectivity index (χ2n) is 6.29. The van der Waals surface area contributed by atoms with Crippen LogP contribution in [0.25, 0.3) is 5.69 Å². The summed E-state index contributed by atoms with van der Waals surface area (Å²) in [5.41, 5.74) is 2.25. The summed E-state index contributed by atoms with van der Waals surface area (Å²) in [5.74, 6) is 0.122. The lowest BCUT2D eigenvalue weighted by Crippen LogP contribution is -2.18. The topological polar surface area (TPSA) is 77.6 Å². The van der Waals surface area contributed by atoms with Gasteiger partial charge in [-0.2, -0.15) is 15.0 Å². The van der Waals surface area contributed by atoms with Crippen molar-refractivity contribution in [3.05, 3.63) is 87.8 Å². The van der Waals surface area contributed by atoms with Crippen LogP contribution in [-0.4, -0.2) is 30.7 Å². The van der Waals surface area contributed by atoms with E-state index in [1.165, 1.54) is 4.80 Å². The Morgan fingerprint density at radius 1 is 1.00 bits per heavy atom. The Morgan fingerprint density at radius 2 is 1.72 bits per heavy atom. The van der Waals surface area contributed by atoms with E-state index in [4.69, 9.17) is 23.2 Å². The summed E-state index contributed by atoms with van der Waals surface area (Å²) in [6, 6.07) is 16.4. The Kier molecular flexibility index (Phi) is 5.33. The van der Waals surface area contributed by atoms with Gasteiger partial charge in [-0.3, -0.25) is 4.79 Å². The summed E-state index contributed by atoms with van der Waals surface area (Å²) in [6.45, 7) is 2.05. The second-order valence-corrected chi connectivity index (χ2v) is 7.10. The summed E-state index contributed by atoms with van der Waals surface area (Å²) >= 11 is 12.5. The molecule has 0 unspecified atom stereocenters. The molecule has 0 saturated carbocycles. The van der Waals surface area contributed by atoms with Crippen LogP contribution in [0, 0.1) is 6.92 Å². The number of anilines is 1. The molecule has 146 valence electrons. The van der Waals surface area contributed by atoms with E-state index in [1.807, 2.05) is 30.3 Å². The Labute approximate surface area is 176 Å². The van der Waals surface area contributed by atoms with Crippen LogP contribution >= 0.6 is 23.2 Å². The first-order valence-electron chi connectivity index (χ1n) is 8.78. The predicted octanol–water partition coefficient (Wildman–Crippen LogP) is 4.38. The molecule has 0 fully saturated rings. The molecule has 7 nitrogen and oxygen atoms in total. The average Bonchev–Trinajstić information content (AvgIpc) is 3.32. The van der Waals surface area contributed by atoms with Crippen molar-refractivity contribution in [1.29, 1.82) is 0 Å². The van der Waals surface area contributed by atoms with Gasteiger partial charge in [0, 0.05) is 21.7 Å². The van der Waals surface area contributed by atoms with Crippen LogP contribution in [0.3, 0.4) is 0 Å². The number of carbonyl (C=O) groups is 1. The molecule has 1 amide bonds. The molecule has 0 atom stereocenters. The molecular weight excluding hydrogens is 411 g/mol. The highest BCUT2D eigenvalue weighted by Crippen LogP contribution is 2.26. The Hall–Kier alpha value is -3.16. The van der Waals surface area contributed by atoms with Crippen LogP contribution in [0.4, 0.5) is 5.82 Å². The molecule has 1 N–H and O–H groups in total. The second kappa shape index (κ2) is 8.06. The third-order valence-corrected chi connectivity index (χ3v) is 5.02. The fraction of sp³-hybridized carbons (Fsp3) is 0.100. The van der Waals surface area contributed by atoms with E-state index < -0.39 is 0 Å². The summed E-state index contributed by atoms with van der Waals surface area (Å²) in [5, 5.41) is 16.8. The number of hydrogen-bond donors (Lipinski definition) is 1. The van der Waals surface area contributed by atoms with Gasteiger partial charge in [-0.15, -0.1) is 5.10 Å². The Balaban J connectivity index is 1.56. The summed E-state index contributed by atoms with van der Waals surface area (Å²) in [4.78, 5) is 14.2. The number of aromatic nitrogens is 5. The van der Waals surface area contributed by atoms with Crippen molar-refractivity contribution in [2.24, 2.45) is 0 Å². The number of benzene rings is 2. The van der Waals surface area contributed by atoms with Crippen molar-refractivity contribution < 1.29 is 4.79 Å². The Morgan fingerprint density at radius 3 is 2.45 bits per heavy atom. The van der Waals surface area contributed by atoms with Crippen molar-refractivity contribution in [2.45, 2.75) is 13.5 Å². The number of para-hydroxylation sites is 1. The largest absolute Gasteiger partial charge is 0.305 e. The molecule has 0 radical (unpaired) electrons. The number of hydrogen-bond acceptors (Lipinski definition) is 4. The van der Waals surface area contributed by atoms with Gasteiger partial charge in [0.25, 0.3) is 5.91 Å². The van der Waals surface area contributed by atoms with Crippen molar-refractivity contribution in [3.63, 3.8) is 0 Å². The van der Waals surface area contributed by atoms with Crippen LogP contribution in [0.1, 0.15) is 21.7 Å². The first kappa shape index (κ1) is 19.2. The normalized spacial score (nSPS) is 10.9. The minimum absolute atomic E-state index is 0.234. The Bertz CT molecular complexity index is 1150. The molecule has 0 aliphatic carbocycles. The summed E-state index contributed by atoms with van der Waals surface area (Å²) in [6.07, 6.45) is 1.59. The molecule has 0 aliphatic heterocycles. The molecule has 4 aromatic rings. The zero-order valence-corrected chi connectivity index (χ0v) is 16.9. The van der Waals surface area contributed by atoms with Crippen LogP contribution in [0.2, 0.25) is 10.0 Å². The average molecular weight is 427 g/mol. The standard InChI is InChI=1S/C20H16Cl2N6O/c1-13-19(26-28(25-13)14-6-3-2-4-7-14)20(29)24-18-10-11-23-27(18)12-15-16(21)8-5-9-17(15)22/h2-11H,12H2,1H3,(H,24,29). The molecule has 4 rings (SSSR count). The van der Waals surface area contributed by atoms with E-state index in [2.05, 4.69) is 20.6 Å². The predicted molar refractivity (Wildman–Crippen MR) is 112 cm³/mol. The van der Waals surface area contributed by atoms with Gasteiger partial charge in [-0.05, 0) is 31.2 Å². The minimum atomic E-state index is -0.378. The van der Waals surface area contributed by atoms with Crippen LogP contribution in [0.15, 0.2) is 60.8 Å². The number of carbonyl (C=O) groups excluding carboxylic acids is 1. The highest BCUT2D eigenvalue weighted by Gasteiger charge is 2.18. The molecule has 0 spiro atoms. The lowest BCUT2D eigenvalue weighted by atomic mass is 10.2. The van der Waals surface area contributed by atoms with Gasteiger partial charge in [0.15, 0.2) is 5.69 Å². The molecule has 29 heavy (non-hydrogen) atoms. The summed E-state index contributed by atoms with van der Waals surface area (Å²) < 4.78 is 1.61. The molecule has 2 aromatic carbocycles. The third-order valence-electron chi connectivity index (χ3n) is 4.31. The van der Waals surface area contributed by atoms with Gasteiger partial charge < -0.3 is 5.32 Å². The number of rotatable bonds is 5. The molecule has 2 heterocycles. The zero-order chi connectivity index (χ0) is 20.4. The maximum absolute atomic E-state index is 12.8. The lowest BCUT2D eigenvalue weighted by molar-refractivity contribution is 0.102. The number of aryl methyl sites for hydroxylation is 1. The van der Waals surface area contributed by atoms with Gasteiger partial charge >= 0.3 is 0 Å². The van der Waals surface area contributed by atoms with Crippen molar-refractivity contribution >= 4 is 34.9 Å². The smallest absolute Gasteiger partial charge is 0.279 e. The number of halogens is 2. The van der Waals surface area contributed by atoms with Gasteiger partial charge in [0.1, 0.15) is 5.82 Å². The molecule has 2 aromatic heterocycles. The fourth-order valence-corrected chi connectivity index (χ4v) is 3.36.